The number of amides is 3. The topological polar surface area (TPSA) is 191 Å². The highest BCUT2D eigenvalue weighted by Gasteiger charge is 2.30. The first-order valence-electron chi connectivity index (χ1n) is 7.77. The Morgan fingerprint density at radius 2 is 1.73 bits per heavy atom. The van der Waals surface area contributed by atoms with Crippen LogP contribution in [0.1, 0.15) is 13.3 Å². The van der Waals surface area contributed by atoms with Crippen LogP contribution in [0.3, 0.4) is 0 Å². The molecule has 150 valence electrons. The highest BCUT2D eigenvalue weighted by atomic mass is 32.2. The summed E-state index contributed by atoms with van der Waals surface area (Å²) in [5, 5.41) is 34.0. The lowest BCUT2D eigenvalue weighted by Crippen LogP contribution is -2.59. The molecule has 0 aromatic heterocycles. The van der Waals surface area contributed by atoms with Gasteiger partial charge in [-0.3, -0.25) is 19.2 Å². The lowest BCUT2D eigenvalue weighted by molar-refractivity contribution is -0.138. The molecule has 11 nitrogen and oxygen atoms in total. The van der Waals surface area contributed by atoms with Gasteiger partial charge in [-0.25, -0.2) is 0 Å². The van der Waals surface area contributed by atoms with Crippen LogP contribution in [-0.4, -0.2) is 88.4 Å². The van der Waals surface area contributed by atoms with Crippen LogP contribution in [0, 0.1) is 0 Å². The van der Waals surface area contributed by atoms with Gasteiger partial charge in [0.1, 0.15) is 24.7 Å². The van der Waals surface area contributed by atoms with E-state index in [2.05, 4.69) is 16.0 Å². The summed E-state index contributed by atoms with van der Waals surface area (Å²) >= 11 is 1.42. The molecule has 4 unspecified atom stereocenters. The van der Waals surface area contributed by atoms with Gasteiger partial charge in [0.25, 0.3) is 0 Å². The second-order valence-electron chi connectivity index (χ2n) is 5.47. The number of hydrogen-bond donors (Lipinski definition) is 7. The van der Waals surface area contributed by atoms with Crippen molar-refractivity contribution in [1.29, 1.82) is 0 Å². The molecule has 0 saturated heterocycles. The number of carbonyl (C=O) groups excluding carboxylic acids is 3. The predicted molar refractivity (Wildman–Crippen MR) is 94.2 cm³/mol. The number of aliphatic carboxylic acids is 1. The fraction of sp³-hybridized carbons (Fsp3) is 0.714. The number of aliphatic hydroxyl groups excluding tert-OH is 2. The number of carboxylic acids is 1. The summed E-state index contributed by atoms with van der Waals surface area (Å²) in [5.41, 5.74) is 5.35. The maximum atomic E-state index is 12.4. The van der Waals surface area contributed by atoms with Gasteiger partial charge >= 0.3 is 5.97 Å². The maximum Gasteiger partial charge on any atom is 0.322 e. The van der Waals surface area contributed by atoms with E-state index in [1.165, 1.54) is 18.7 Å². The van der Waals surface area contributed by atoms with E-state index in [9.17, 15) is 24.3 Å². The summed E-state index contributed by atoms with van der Waals surface area (Å²) in [6.45, 7) is 0.0106. The Balaban J connectivity index is 5.05. The van der Waals surface area contributed by atoms with E-state index in [-0.39, 0.29) is 6.42 Å². The minimum Gasteiger partial charge on any atom is -0.480 e. The number of rotatable bonds is 12. The third-order valence-electron chi connectivity index (χ3n) is 3.25. The molecular weight excluding hydrogens is 368 g/mol. The summed E-state index contributed by atoms with van der Waals surface area (Å²) in [4.78, 5) is 46.7. The summed E-state index contributed by atoms with van der Waals surface area (Å²) in [6.07, 6.45) is 0.714. The van der Waals surface area contributed by atoms with Crippen LogP contribution in [0.25, 0.3) is 0 Å². The van der Waals surface area contributed by atoms with Crippen LogP contribution in [0.15, 0.2) is 0 Å². The molecular formula is C14H26N4O7S. The van der Waals surface area contributed by atoms with Gasteiger partial charge in [0.2, 0.25) is 17.7 Å². The van der Waals surface area contributed by atoms with Gasteiger partial charge in [0.05, 0.1) is 12.7 Å². The Bertz CT molecular complexity index is 504. The Hall–Kier alpha value is -1.89. The standard InChI is InChI=1S/C14H26N4O7S/c1-7(20)11(18-12(23)8(15)6-19)14(25)17-9(3-4-26-2)13(24)16-5-10(21)22/h7-9,11,19-20H,3-6,15H2,1-2H3,(H,16,24)(H,17,25)(H,18,23)(H,21,22). The average Bonchev–Trinajstić information content (AvgIpc) is 2.59. The number of carboxylic acid groups (broad SMARTS) is 1. The van der Waals surface area contributed by atoms with Crippen molar-refractivity contribution in [3.63, 3.8) is 0 Å². The second-order valence-corrected chi connectivity index (χ2v) is 6.46. The zero-order chi connectivity index (χ0) is 20.3. The Labute approximate surface area is 155 Å². The minimum atomic E-state index is -1.40. The van der Waals surface area contributed by atoms with E-state index in [0.29, 0.717) is 5.75 Å². The molecule has 0 aliphatic rings. The van der Waals surface area contributed by atoms with Gasteiger partial charge in [-0.2, -0.15) is 11.8 Å². The SMILES string of the molecule is CSCCC(NC(=O)C(NC(=O)C(N)CO)C(C)O)C(=O)NCC(=O)O. The normalized spacial score (nSPS) is 15.3. The van der Waals surface area contributed by atoms with Crippen LogP contribution in [0.2, 0.25) is 0 Å². The molecule has 0 aliphatic carbocycles. The van der Waals surface area contributed by atoms with Crippen molar-refractivity contribution < 1.29 is 34.5 Å². The first-order chi connectivity index (χ1) is 12.1. The van der Waals surface area contributed by atoms with Gasteiger partial charge in [-0.05, 0) is 25.4 Å². The van der Waals surface area contributed by atoms with Crippen LogP contribution >= 0.6 is 11.8 Å². The van der Waals surface area contributed by atoms with Gasteiger partial charge in [-0.15, -0.1) is 0 Å². The molecule has 3 amide bonds. The van der Waals surface area contributed by atoms with Crippen molar-refractivity contribution >= 4 is 35.5 Å². The number of thioether (sulfide) groups is 1. The number of nitrogens with two attached hydrogens (primary N) is 1. The molecule has 0 bridgehead atoms. The maximum absolute atomic E-state index is 12.4. The first-order valence-corrected chi connectivity index (χ1v) is 9.17. The van der Waals surface area contributed by atoms with Crippen molar-refractivity contribution in [2.45, 2.75) is 37.6 Å². The third-order valence-corrected chi connectivity index (χ3v) is 3.90. The van der Waals surface area contributed by atoms with Crippen molar-refractivity contribution in [2.75, 3.05) is 25.2 Å². The van der Waals surface area contributed by atoms with Crippen LogP contribution in [0.4, 0.5) is 0 Å². The Kier molecular flexibility index (Phi) is 11.6. The van der Waals surface area contributed by atoms with E-state index in [1.54, 1.807) is 6.26 Å². The molecule has 0 saturated carbocycles. The molecule has 0 radical (unpaired) electrons. The quantitative estimate of drug-likeness (QED) is 0.177. The van der Waals surface area contributed by atoms with Crippen molar-refractivity contribution in [3.05, 3.63) is 0 Å². The Morgan fingerprint density at radius 3 is 2.19 bits per heavy atom. The highest BCUT2D eigenvalue weighted by Crippen LogP contribution is 2.03. The lowest BCUT2D eigenvalue weighted by atomic mass is 10.1. The molecule has 0 heterocycles. The van der Waals surface area contributed by atoms with E-state index in [1.807, 2.05) is 0 Å². The molecule has 26 heavy (non-hydrogen) atoms. The van der Waals surface area contributed by atoms with Crippen LogP contribution < -0.4 is 21.7 Å². The van der Waals surface area contributed by atoms with Crippen molar-refractivity contribution in [2.24, 2.45) is 5.73 Å². The molecule has 12 heteroatoms. The molecule has 8 N–H and O–H groups in total. The number of hydrogen-bond acceptors (Lipinski definition) is 8. The number of carbonyl (C=O) groups is 4. The third kappa shape index (κ3) is 8.99. The number of aliphatic hydroxyl groups is 2. The molecule has 0 aromatic carbocycles. The first kappa shape index (κ1) is 24.1. The summed E-state index contributed by atoms with van der Waals surface area (Å²) in [5.74, 6) is -3.11. The molecule has 0 spiro atoms. The highest BCUT2D eigenvalue weighted by molar-refractivity contribution is 7.98. The summed E-state index contributed by atoms with van der Waals surface area (Å²) in [6, 6.07) is -3.71. The lowest BCUT2D eigenvalue weighted by Gasteiger charge is -2.25. The predicted octanol–water partition coefficient (Wildman–Crippen LogP) is -3.39. The van der Waals surface area contributed by atoms with Crippen LogP contribution in [0.5, 0.6) is 0 Å². The summed E-state index contributed by atoms with van der Waals surface area (Å²) in [7, 11) is 0. The zero-order valence-corrected chi connectivity index (χ0v) is 15.4. The van der Waals surface area contributed by atoms with E-state index < -0.39 is 61.1 Å². The van der Waals surface area contributed by atoms with Gasteiger partial charge in [-0.1, -0.05) is 0 Å². The Morgan fingerprint density at radius 1 is 1.12 bits per heavy atom. The van der Waals surface area contributed by atoms with Gasteiger partial charge in [0, 0.05) is 0 Å². The number of nitrogens with one attached hydrogen (secondary N) is 3. The largest absolute Gasteiger partial charge is 0.480 e. The van der Waals surface area contributed by atoms with Gasteiger partial charge in [0.15, 0.2) is 0 Å². The molecule has 0 aromatic rings. The second kappa shape index (κ2) is 12.5. The fourth-order valence-corrected chi connectivity index (χ4v) is 2.27. The molecule has 0 aliphatic heterocycles. The monoisotopic (exact) mass is 394 g/mol. The van der Waals surface area contributed by atoms with Crippen molar-refractivity contribution in [1.82, 2.24) is 16.0 Å². The fourth-order valence-electron chi connectivity index (χ4n) is 1.80. The molecule has 0 fully saturated rings. The van der Waals surface area contributed by atoms with E-state index in [4.69, 9.17) is 15.9 Å². The summed E-state index contributed by atoms with van der Waals surface area (Å²) < 4.78 is 0. The zero-order valence-electron chi connectivity index (χ0n) is 14.6. The van der Waals surface area contributed by atoms with Crippen molar-refractivity contribution in [3.8, 4) is 0 Å². The average molecular weight is 394 g/mol. The van der Waals surface area contributed by atoms with E-state index >= 15 is 0 Å². The van der Waals surface area contributed by atoms with Crippen LogP contribution in [-0.2, 0) is 19.2 Å². The smallest absolute Gasteiger partial charge is 0.322 e. The molecule has 0 rings (SSSR count). The molecule has 4 atom stereocenters. The van der Waals surface area contributed by atoms with E-state index in [0.717, 1.165) is 0 Å². The van der Waals surface area contributed by atoms with Gasteiger partial charge < -0.3 is 37.0 Å². The minimum absolute atomic E-state index is 0.217.